The van der Waals surface area contributed by atoms with Crippen LogP contribution in [0, 0.1) is 5.82 Å². The Hall–Kier alpha value is -5.44. The third kappa shape index (κ3) is 6.47. The van der Waals surface area contributed by atoms with Gasteiger partial charge < -0.3 is 38.5 Å². The standard InChI is InChI=1S/C32H30FN3O10S/c1-6-44-27(37)16-34-31(39)46-32(20-9-8-19(33)15-24(20)40-2)21(11-17-12-25(41-3)29(43-5)26(13-17)42-4)28(30(38)45-32)18-7-10-22-23(14-18)36-47-35-22/h7-10,12-15H,6,11,16H2,1-5H3,(H,34,39). The number of carbonyl (C=O) groups excluding carboxylic acids is 3. The van der Waals surface area contributed by atoms with Crippen molar-refractivity contribution in [3.8, 4) is 23.0 Å². The zero-order valence-corrected chi connectivity index (χ0v) is 26.8. The highest BCUT2D eigenvalue weighted by molar-refractivity contribution is 7.00. The normalized spacial score (nSPS) is 15.7. The van der Waals surface area contributed by atoms with Gasteiger partial charge in [0, 0.05) is 18.1 Å². The lowest BCUT2D eigenvalue weighted by atomic mass is 9.87. The number of fused-ring (bicyclic) bond motifs is 1. The predicted octanol–water partition coefficient (Wildman–Crippen LogP) is 4.56. The number of benzene rings is 3. The van der Waals surface area contributed by atoms with Gasteiger partial charge in [0.05, 0.1) is 57.9 Å². The van der Waals surface area contributed by atoms with Crippen molar-refractivity contribution in [1.82, 2.24) is 14.1 Å². The minimum absolute atomic E-state index is 0.00474. The van der Waals surface area contributed by atoms with Gasteiger partial charge in [0.1, 0.15) is 29.1 Å². The van der Waals surface area contributed by atoms with E-state index in [-0.39, 0.29) is 35.5 Å². The lowest BCUT2D eigenvalue weighted by Crippen LogP contribution is -2.41. The Labute approximate surface area is 272 Å². The molecule has 5 rings (SSSR count). The Morgan fingerprint density at radius 1 is 0.915 bits per heavy atom. The molecule has 1 aliphatic heterocycles. The summed E-state index contributed by atoms with van der Waals surface area (Å²) in [5.41, 5.74) is 2.21. The summed E-state index contributed by atoms with van der Waals surface area (Å²) >= 11 is 1.00. The van der Waals surface area contributed by atoms with Gasteiger partial charge in [-0.15, -0.1) is 0 Å². The number of nitrogens with zero attached hydrogens (tertiary/aromatic N) is 2. The number of esters is 2. The summed E-state index contributed by atoms with van der Waals surface area (Å²) in [5, 5.41) is 2.33. The highest BCUT2D eigenvalue weighted by Crippen LogP contribution is 2.51. The smallest absolute Gasteiger partial charge is 0.411 e. The van der Waals surface area contributed by atoms with Crippen molar-refractivity contribution in [3.05, 3.63) is 76.6 Å². The van der Waals surface area contributed by atoms with Crippen LogP contribution in [0.3, 0.4) is 0 Å². The molecule has 0 aliphatic carbocycles. The molecule has 0 bridgehead atoms. The van der Waals surface area contributed by atoms with Gasteiger partial charge >= 0.3 is 23.8 Å². The summed E-state index contributed by atoms with van der Waals surface area (Å²) < 4.78 is 61.9. The molecule has 1 amide bonds. The molecule has 1 aliphatic rings. The van der Waals surface area contributed by atoms with E-state index in [1.165, 1.54) is 34.5 Å². The SMILES string of the molecule is CCOC(=O)CNC(=O)OC1(c2ccc(F)cc2OC)OC(=O)C(c2ccc3nsnc3c2)=C1Cc1cc(OC)c(OC)c(OC)c1. The van der Waals surface area contributed by atoms with Gasteiger partial charge in [-0.2, -0.15) is 8.75 Å². The molecule has 246 valence electrons. The molecule has 0 radical (unpaired) electrons. The highest BCUT2D eigenvalue weighted by atomic mass is 32.1. The van der Waals surface area contributed by atoms with E-state index in [0.29, 0.717) is 39.4 Å². The molecule has 47 heavy (non-hydrogen) atoms. The van der Waals surface area contributed by atoms with Crippen LogP contribution in [0.15, 0.2) is 54.1 Å². The fourth-order valence-corrected chi connectivity index (χ4v) is 5.74. The third-order valence-electron chi connectivity index (χ3n) is 7.22. The number of cyclic esters (lactones) is 1. The first-order chi connectivity index (χ1) is 22.7. The van der Waals surface area contributed by atoms with Crippen LogP contribution in [0.2, 0.25) is 0 Å². The van der Waals surface area contributed by atoms with Gasteiger partial charge in [-0.25, -0.2) is 14.0 Å². The number of rotatable bonds is 12. The first kappa shape index (κ1) is 32.9. The van der Waals surface area contributed by atoms with Gasteiger partial charge in [-0.1, -0.05) is 6.07 Å². The van der Waals surface area contributed by atoms with Crippen molar-refractivity contribution in [3.63, 3.8) is 0 Å². The van der Waals surface area contributed by atoms with E-state index in [1.807, 2.05) is 0 Å². The number of alkyl carbamates (subject to hydrolysis) is 1. The third-order valence-corrected chi connectivity index (χ3v) is 7.78. The second-order valence-corrected chi connectivity index (χ2v) is 10.5. The molecular formula is C32H30FN3O10S. The Morgan fingerprint density at radius 3 is 2.28 bits per heavy atom. The molecule has 0 saturated heterocycles. The van der Waals surface area contributed by atoms with Crippen LogP contribution >= 0.6 is 11.7 Å². The molecule has 13 nitrogen and oxygen atoms in total. The number of nitrogens with one attached hydrogen (secondary N) is 1. The topological polar surface area (TPSA) is 154 Å². The zero-order chi connectivity index (χ0) is 33.7. The number of aromatic nitrogens is 2. The molecule has 1 aromatic heterocycles. The average Bonchev–Trinajstić information content (AvgIpc) is 3.64. The van der Waals surface area contributed by atoms with Crippen LogP contribution in [0.25, 0.3) is 16.6 Å². The summed E-state index contributed by atoms with van der Waals surface area (Å²) in [4.78, 5) is 39.4. The molecule has 4 aromatic rings. The number of amides is 1. The number of methoxy groups -OCH3 is 4. The highest BCUT2D eigenvalue weighted by Gasteiger charge is 2.54. The summed E-state index contributed by atoms with van der Waals surface area (Å²) in [6.45, 7) is 1.17. The zero-order valence-electron chi connectivity index (χ0n) is 26.0. The van der Waals surface area contributed by atoms with Crippen LogP contribution in [0.4, 0.5) is 9.18 Å². The number of hydrogen-bond donors (Lipinski definition) is 1. The van der Waals surface area contributed by atoms with E-state index < -0.39 is 36.2 Å². The van der Waals surface area contributed by atoms with Crippen LogP contribution in [0.1, 0.15) is 23.6 Å². The Bertz CT molecular complexity index is 1850. The van der Waals surface area contributed by atoms with E-state index >= 15 is 0 Å². The number of ether oxygens (including phenoxy) is 7. The van der Waals surface area contributed by atoms with Gasteiger partial charge in [0.15, 0.2) is 11.5 Å². The largest absolute Gasteiger partial charge is 0.496 e. The summed E-state index contributed by atoms with van der Waals surface area (Å²) in [6.07, 6.45) is -1.24. The Kier molecular flexibility index (Phi) is 9.75. The Balaban J connectivity index is 1.76. The lowest BCUT2D eigenvalue weighted by Gasteiger charge is -2.32. The molecule has 1 N–H and O–H groups in total. The van der Waals surface area contributed by atoms with E-state index in [1.54, 1.807) is 37.3 Å². The molecular weight excluding hydrogens is 637 g/mol. The van der Waals surface area contributed by atoms with Crippen LogP contribution < -0.4 is 24.3 Å². The Morgan fingerprint density at radius 2 is 1.62 bits per heavy atom. The fraction of sp³-hybridized carbons (Fsp3) is 0.281. The molecule has 0 fully saturated rings. The fourth-order valence-electron chi connectivity index (χ4n) is 5.22. The van der Waals surface area contributed by atoms with E-state index in [4.69, 9.17) is 33.2 Å². The monoisotopic (exact) mass is 667 g/mol. The second-order valence-electron chi connectivity index (χ2n) is 9.93. The predicted molar refractivity (Wildman–Crippen MR) is 166 cm³/mol. The van der Waals surface area contributed by atoms with Gasteiger partial charge in [-0.3, -0.25) is 4.79 Å². The molecule has 0 saturated carbocycles. The number of halogens is 1. The van der Waals surface area contributed by atoms with Crippen molar-refractivity contribution in [2.24, 2.45) is 0 Å². The maximum absolute atomic E-state index is 14.5. The minimum Gasteiger partial charge on any atom is -0.496 e. The van der Waals surface area contributed by atoms with Crippen LogP contribution in [-0.4, -0.2) is 68.4 Å². The van der Waals surface area contributed by atoms with Crippen molar-refractivity contribution in [1.29, 1.82) is 0 Å². The van der Waals surface area contributed by atoms with E-state index in [9.17, 15) is 18.8 Å². The first-order valence-corrected chi connectivity index (χ1v) is 14.9. The van der Waals surface area contributed by atoms with Crippen LogP contribution in [-0.2, 0) is 36.0 Å². The maximum Gasteiger partial charge on any atom is 0.411 e. The molecule has 15 heteroatoms. The summed E-state index contributed by atoms with van der Waals surface area (Å²) in [6, 6.07) is 11.8. The maximum atomic E-state index is 14.5. The number of carbonyl (C=O) groups is 3. The van der Waals surface area contributed by atoms with E-state index in [0.717, 1.165) is 23.9 Å². The first-order valence-electron chi connectivity index (χ1n) is 14.1. The van der Waals surface area contributed by atoms with Crippen molar-refractivity contribution in [2.45, 2.75) is 19.1 Å². The number of hydrogen-bond acceptors (Lipinski definition) is 13. The van der Waals surface area contributed by atoms with Gasteiger partial charge in [0.25, 0.3) is 0 Å². The van der Waals surface area contributed by atoms with Crippen molar-refractivity contribution in [2.75, 3.05) is 41.6 Å². The average molecular weight is 668 g/mol. The molecule has 1 atom stereocenters. The summed E-state index contributed by atoms with van der Waals surface area (Å²) in [5.74, 6) is -3.67. The van der Waals surface area contributed by atoms with E-state index in [2.05, 4.69) is 14.1 Å². The lowest BCUT2D eigenvalue weighted by molar-refractivity contribution is -0.185. The second kappa shape index (κ2) is 13.9. The van der Waals surface area contributed by atoms with Crippen LogP contribution in [0.5, 0.6) is 23.0 Å². The van der Waals surface area contributed by atoms with Gasteiger partial charge in [-0.05, 0) is 54.4 Å². The minimum atomic E-state index is -2.32. The quantitative estimate of drug-likeness (QED) is 0.211. The summed E-state index contributed by atoms with van der Waals surface area (Å²) in [7, 11) is 5.66. The van der Waals surface area contributed by atoms with Crippen molar-refractivity contribution < 1.29 is 51.9 Å². The molecule has 2 heterocycles. The molecule has 3 aromatic carbocycles. The van der Waals surface area contributed by atoms with Crippen molar-refractivity contribution >= 4 is 46.4 Å². The molecule has 0 spiro atoms. The van der Waals surface area contributed by atoms with Gasteiger partial charge in [0.2, 0.25) is 5.75 Å². The molecule has 1 unspecified atom stereocenters.